The summed E-state index contributed by atoms with van der Waals surface area (Å²) in [5.74, 6) is 0.701. The van der Waals surface area contributed by atoms with Crippen molar-refractivity contribution in [3.63, 3.8) is 0 Å². The predicted octanol–water partition coefficient (Wildman–Crippen LogP) is -2.08. The third kappa shape index (κ3) is 3.08. The Morgan fingerprint density at radius 2 is 2.00 bits per heavy atom. The van der Waals surface area contributed by atoms with Crippen LogP contribution in [0.15, 0.2) is 30.5 Å². The van der Waals surface area contributed by atoms with Crippen molar-refractivity contribution in [2.24, 2.45) is 0 Å². The maximum Gasteiger partial charge on any atom is 1.00 e. The largest absolute Gasteiger partial charge is 1.00 e. The number of methoxy groups -OCH3 is 1. The summed E-state index contributed by atoms with van der Waals surface area (Å²) < 4.78 is 4.94. The summed E-state index contributed by atoms with van der Waals surface area (Å²) in [5, 5.41) is 19.0. The number of rotatable bonds is 2. The van der Waals surface area contributed by atoms with E-state index < -0.39 is 0 Å². The summed E-state index contributed by atoms with van der Waals surface area (Å²) in [6, 6.07) is 8.57. The molecule has 0 aliphatic heterocycles. The van der Waals surface area contributed by atoms with Crippen LogP contribution < -0.4 is 39.4 Å². The zero-order chi connectivity index (χ0) is 9.68. The minimum absolute atomic E-state index is 0. The van der Waals surface area contributed by atoms with Crippen molar-refractivity contribution in [3.8, 4) is 11.8 Å². The molecule has 0 unspecified atom stereocenters. The van der Waals surface area contributed by atoms with E-state index in [1.54, 1.807) is 31.4 Å². The van der Waals surface area contributed by atoms with Crippen LogP contribution in [0.1, 0.15) is 5.56 Å². The average Bonchev–Trinajstić information content (AvgIpc) is 2.21. The molecule has 0 aromatic heterocycles. The number of nitrogens with zero attached hydrogens (tertiary/aromatic N) is 1. The normalized spacial score (nSPS) is 9.86. The first-order valence-corrected chi connectivity index (χ1v) is 3.68. The fourth-order valence-corrected chi connectivity index (χ4v) is 0.930. The molecule has 66 valence electrons. The number of ether oxygens (including phenoxy) is 1. The smallest absolute Gasteiger partial charge is 0.877 e. The minimum atomic E-state index is 0. The zero-order valence-electron chi connectivity index (χ0n) is 8.15. The summed E-state index contributed by atoms with van der Waals surface area (Å²) in [6.07, 6.45) is 0.543. The molecule has 0 fully saturated rings. The molecule has 0 aliphatic carbocycles. The molecule has 0 radical (unpaired) electrons. The van der Waals surface area contributed by atoms with E-state index in [-0.39, 0.29) is 35.1 Å². The molecule has 0 bridgehead atoms. The maximum atomic E-state index is 10.4. The molecular formula is C10H8NNaO2. The second kappa shape index (κ2) is 6.50. The van der Waals surface area contributed by atoms with Crippen LogP contribution >= 0.6 is 0 Å². The Hall–Kier alpha value is -0.950. The van der Waals surface area contributed by atoms with Gasteiger partial charge in [0.2, 0.25) is 0 Å². The van der Waals surface area contributed by atoms with E-state index in [2.05, 4.69) is 0 Å². The Kier molecular flexibility index (Phi) is 6.06. The van der Waals surface area contributed by atoms with E-state index >= 15 is 0 Å². The summed E-state index contributed by atoms with van der Waals surface area (Å²) in [6.45, 7) is 0. The quantitative estimate of drug-likeness (QED) is 0.311. The summed E-state index contributed by atoms with van der Waals surface area (Å²) >= 11 is 0. The summed E-state index contributed by atoms with van der Waals surface area (Å²) in [7, 11) is 1.56. The van der Waals surface area contributed by atoms with Gasteiger partial charge in [-0.25, -0.2) is 0 Å². The molecule has 0 heterocycles. The van der Waals surface area contributed by atoms with E-state index in [1.807, 2.05) is 6.07 Å². The van der Waals surface area contributed by atoms with Crippen LogP contribution in [0.2, 0.25) is 0 Å². The molecule has 0 saturated carbocycles. The van der Waals surface area contributed by atoms with Crippen molar-refractivity contribution < 1.29 is 39.4 Å². The molecule has 0 atom stereocenters. The van der Waals surface area contributed by atoms with E-state index in [9.17, 15) is 5.11 Å². The summed E-state index contributed by atoms with van der Waals surface area (Å²) in [5.41, 5.74) is 0.737. The van der Waals surface area contributed by atoms with Crippen molar-refractivity contribution in [1.29, 1.82) is 5.26 Å². The minimum Gasteiger partial charge on any atom is -0.877 e. The van der Waals surface area contributed by atoms with E-state index in [4.69, 9.17) is 10.00 Å². The van der Waals surface area contributed by atoms with Gasteiger partial charge in [-0.3, -0.25) is 0 Å². The van der Waals surface area contributed by atoms with Crippen LogP contribution in [-0.4, -0.2) is 7.11 Å². The van der Waals surface area contributed by atoms with Gasteiger partial charge in [0.15, 0.2) is 0 Å². The van der Waals surface area contributed by atoms with Gasteiger partial charge in [0.1, 0.15) is 5.75 Å². The first-order chi connectivity index (χ1) is 6.31. The Labute approximate surface area is 105 Å². The third-order valence-electron chi connectivity index (χ3n) is 1.64. The fraction of sp³-hybridized carbons (Fsp3) is 0.100. The molecule has 14 heavy (non-hydrogen) atoms. The molecule has 0 amide bonds. The van der Waals surface area contributed by atoms with Gasteiger partial charge in [0, 0.05) is 5.57 Å². The molecule has 1 rings (SSSR count). The van der Waals surface area contributed by atoms with Gasteiger partial charge in [0.05, 0.1) is 13.2 Å². The SMILES string of the molecule is COc1ccc(C(C#N)=C[O-])cc1.[Na+]. The molecular weight excluding hydrogens is 189 g/mol. The van der Waals surface area contributed by atoms with Crippen LogP contribution in [0.5, 0.6) is 5.75 Å². The first kappa shape index (κ1) is 13.1. The number of benzene rings is 1. The Balaban J connectivity index is 0.00000169. The van der Waals surface area contributed by atoms with Gasteiger partial charge in [-0.15, -0.1) is 6.26 Å². The standard InChI is InChI=1S/C10H9NO2.Na/c1-13-10-4-2-8(3-5-10)9(6-11)7-12;/h2-5,7,12H,1H3;/q;+1/p-1. The van der Waals surface area contributed by atoms with E-state index in [0.29, 0.717) is 17.6 Å². The molecule has 0 saturated heterocycles. The molecule has 3 nitrogen and oxygen atoms in total. The van der Waals surface area contributed by atoms with Gasteiger partial charge >= 0.3 is 29.6 Å². The van der Waals surface area contributed by atoms with Crippen LogP contribution in [-0.2, 0) is 0 Å². The number of nitriles is 1. The van der Waals surface area contributed by atoms with Gasteiger partial charge in [-0.2, -0.15) is 5.26 Å². The molecule has 1 aromatic carbocycles. The van der Waals surface area contributed by atoms with Crippen LogP contribution in [0.4, 0.5) is 0 Å². The van der Waals surface area contributed by atoms with Gasteiger partial charge in [0.25, 0.3) is 0 Å². The Morgan fingerprint density at radius 3 is 2.36 bits per heavy atom. The second-order valence-corrected chi connectivity index (χ2v) is 2.37. The maximum absolute atomic E-state index is 10.4. The molecule has 4 heteroatoms. The van der Waals surface area contributed by atoms with Gasteiger partial charge in [-0.05, 0) is 17.7 Å². The van der Waals surface area contributed by atoms with E-state index in [1.165, 1.54) is 0 Å². The molecule has 0 N–H and O–H groups in total. The topological polar surface area (TPSA) is 56.1 Å². The van der Waals surface area contributed by atoms with Crippen molar-refractivity contribution in [3.05, 3.63) is 36.1 Å². The predicted molar refractivity (Wildman–Crippen MR) is 46.6 cm³/mol. The van der Waals surface area contributed by atoms with Crippen molar-refractivity contribution in [2.75, 3.05) is 7.11 Å². The summed E-state index contributed by atoms with van der Waals surface area (Å²) in [4.78, 5) is 0. The molecule has 0 spiro atoms. The monoisotopic (exact) mass is 197 g/mol. The number of hydrogen-bond donors (Lipinski definition) is 0. The number of hydrogen-bond acceptors (Lipinski definition) is 3. The average molecular weight is 197 g/mol. The van der Waals surface area contributed by atoms with Gasteiger partial charge in [-0.1, -0.05) is 12.1 Å². The Morgan fingerprint density at radius 1 is 1.43 bits per heavy atom. The van der Waals surface area contributed by atoms with Crippen LogP contribution in [0, 0.1) is 11.3 Å². The van der Waals surface area contributed by atoms with Gasteiger partial charge < -0.3 is 9.84 Å². The fourth-order valence-electron chi connectivity index (χ4n) is 0.930. The molecule has 1 aromatic rings. The number of allylic oxidation sites excluding steroid dienone is 1. The third-order valence-corrected chi connectivity index (χ3v) is 1.64. The second-order valence-electron chi connectivity index (χ2n) is 2.37. The zero-order valence-corrected chi connectivity index (χ0v) is 10.2. The Bertz CT molecular complexity index is 351. The first-order valence-electron chi connectivity index (χ1n) is 3.68. The molecule has 0 aliphatic rings. The van der Waals surface area contributed by atoms with Crippen LogP contribution in [0.3, 0.4) is 0 Å². The van der Waals surface area contributed by atoms with Crippen molar-refractivity contribution in [1.82, 2.24) is 0 Å². The van der Waals surface area contributed by atoms with Crippen LogP contribution in [0.25, 0.3) is 5.57 Å². The van der Waals surface area contributed by atoms with E-state index in [0.717, 1.165) is 0 Å². The van der Waals surface area contributed by atoms with Crippen molar-refractivity contribution >= 4 is 5.57 Å². The van der Waals surface area contributed by atoms with Crippen molar-refractivity contribution in [2.45, 2.75) is 0 Å².